The van der Waals surface area contributed by atoms with Crippen LogP contribution in [0.5, 0.6) is 5.75 Å². The molecule has 0 spiro atoms. The monoisotopic (exact) mass is 374 g/mol. The second-order valence-corrected chi connectivity index (χ2v) is 6.39. The van der Waals surface area contributed by atoms with Crippen LogP contribution in [0.15, 0.2) is 54.7 Å². The van der Waals surface area contributed by atoms with Gasteiger partial charge < -0.3 is 20.1 Å². The second-order valence-electron chi connectivity index (χ2n) is 6.39. The van der Waals surface area contributed by atoms with Crippen LogP contribution in [-0.4, -0.2) is 32.7 Å². The van der Waals surface area contributed by atoms with Gasteiger partial charge in [0.2, 0.25) is 0 Å². The Balaban J connectivity index is 1.87. The Labute approximate surface area is 161 Å². The molecule has 0 unspecified atom stereocenters. The summed E-state index contributed by atoms with van der Waals surface area (Å²) >= 11 is 0. The Kier molecular flexibility index (Phi) is 4.19. The van der Waals surface area contributed by atoms with Gasteiger partial charge in [0.05, 0.1) is 29.3 Å². The fraction of sp³-hybridized carbons (Fsp3) is 0.0952. The molecule has 0 atom stereocenters. The lowest BCUT2D eigenvalue weighted by Gasteiger charge is -2.09. The number of hydrogen-bond donors (Lipinski definition) is 2. The Morgan fingerprint density at radius 1 is 1.14 bits per heavy atom. The van der Waals surface area contributed by atoms with Gasteiger partial charge in [0.1, 0.15) is 17.4 Å². The molecule has 0 radical (unpaired) electrons. The minimum atomic E-state index is -0.981. The minimum absolute atomic E-state index is 0.207. The van der Waals surface area contributed by atoms with E-state index in [1.807, 2.05) is 41.9 Å². The summed E-state index contributed by atoms with van der Waals surface area (Å²) in [4.78, 5) is 20.2. The molecule has 0 saturated heterocycles. The van der Waals surface area contributed by atoms with Crippen LogP contribution in [0.1, 0.15) is 10.4 Å². The number of rotatable bonds is 4. The van der Waals surface area contributed by atoms with Gasteiger partial charge in [0.15, 0.2) is 0 Å². The number of nitrogen functional groups attached to an aromatic ring is 1. The van der Waals surface area contributed by atoms with Crippen molar-refractivity contribution in [3.05, 3.63) is 60.3 Å². The number of carboxylic acid groups (broad SMARTS) is 1. The number of nitrogens with zero attached hydrogens (tertiary/aromatic N) is 3. The molecule has 0 amide bonds. The SMILES string of the molecule is COc1cccc(-c2cnc(N)c(-c3nc4ccc(C(=O)O)cc4n3C)c2)c1. The van der Waals surface area contributed by atoms with Gasteiger partial charge in [-0.25, -0.2) is 14.8 Å². The normalized spacial score (nSPS) is 10.9. The number of fused-ring (bicyclic) bond motifs is 1. The number of imidazole rings is 1. The third kappa shape index (κ3) is 2.92. The number of methoxy groups -OCH3 is 1. The number of carbonyl (C=O) groups is 1. The number of aryl methyl sites for hydroxylation is 1. The number of aromatic carboxylic acids is 1. The summed E-state index contributed by atoms with van der Waals surface area (Å²) in [6.07, 6.45) is 1.71. The van der Waals surface area contributed by atoms with Crippen molar-refractivity contribution >= 4 is 22.8 Å². The van der Waals surface area contributed by atoms with Gasteiger partial charge in [-0.2, -0.15) is 0 Å². The molecule has 0 aliphatic carbocycles. The smallest absolute Gasteiger partial charge is 0.335 e. The van der Waals surface area contributed by atoms with Crippen LogP contribution < -0.4 is 10.5 Å². The summed E-state index contributed by atoms with van der Waals surface area (Å²) in [7, 11) is 3.45. The van der Waals surface area contributed by atoms with E-state index in [4.69, 9.17) is 10.5 Å². The molecule has 4 aromatic rings. The van der Waals surface area contributed by atoms with Gasteiger partial charge in [-0.15, -0.1) is 0 Å². The molecule has 2 aromatic carbocycles. The maximum Gasteiger partial charge on any atom is 0.335 e. The quantitative estimate of drug-likeness (QED) is 0.566. The molecule has 0 bridgehead atoms. The molecule has 0 saturated carbocycles. The van der Waals surface area contributed by atoms with Crippen molar-refractivity contribution in [2.45, 2.75) is 0 Å². The molecule has 0 fully saturated rings. The number of anilines is 1. The molecule has 7 heteroatoms. The third-order valence-electron chi connectivity index (χ3n) is 4.69. The molecule has 0 aliphatic heterocycles. The van der Waals surface area contributed by atoms with Crippen molar-refractivity contribution < 1.29 is 14.6 Å². The van der Waals surface area contributed by atoms with Gasteiger partial charge in [-0.3, -0.25) is 0 Å². The highest BCUT2D eigenvalue weighted by Gasteiger charge is 2.16. The van der Waals surface area contributed by atoms with Gasteiger partial charge >= 0.3 is 5.97 Å². The number of nitrogens with two attached hydrogens (primary N) is 1. The predicted molar refractivity (Wildman–Crippen MR) is 107 cm³/mol. The van der Waals surface area contributed by atoms with Crippen LogP contribution in [0, 0.1) is 0 Å². The number of ether oxygens (including phenoxy) is 1. The Bertz CT molecular complexity index is 1210. The number of pyridine rings is 1. The zero-order valence-corrected chi connectivity index (χ0v) is 15.4. The maximum absolute atomic E-state index is 11.3. The third-order valence-corrected chi connectivity index (χ3v) is 4.69. The average Bonchev–Trinajstić information content (AvgIpc) is 3.04. The highest BCUT2D eigenvalue weighted by Crippen LogP contribution is 2.32. The zero-order valence-electron chi connectivity index (χ0n) is 15.4. The Morgan fingerprint density at radius 2 is 1.96 bits per heavy atom. The zero-order chi connectivity index (χ0) is 19.8. The van der Waals surface area contributed by atoms with E-state index in [2.05, 4.69) is 9.97 Å². The number of benzene rings is 2. The Morgan fingerprint density at radius 3 is 2.71 bits per heavy atom. The number of hydrogen-bond acceptors (Lipinski definition) is 5. The van der Waals surface area contributed by atoms with Crippen molar-refractivity contribution in [2.24, 2.45) is 7.05 Å². The lowest BCUT2D eigenvalue weighted by Crippen LogP contribution is -2.00. The maximum atomic E-state index is 11.3. The van der Waals surface area contributed by atoms with E-state index >= 15 is 0 Å². The Hall–Kier alpha value is -3.87. The molecule has 7 nitrogen and oxygen atoms in total. The standard InChI is InChI=1S/C21H18N4O3/c1-25-18-10-13(21(26)27)6-7-17(18)24-20(25)16-9-14(11-23-19(16)22)12-4-3-5-15(8-12)28-2/h3-11H,1-2H3,(H2,22,23)(H,26,27). The lowest BCUT2D eigenvalue weighted by atomic mass is 10.0. The first-order valence-corrected chi connectivity index (χ1v) is 8.58. The molecule has 28 heavy (non-hydrogen) atoms. The average molecular weight is 374 g/mol. The first-order chi connectivity index (χ1) is 13.5. The summed E-state index contributed by atoms with van der Waals surface area (Å²) in [5.41, 5.74) is 10.2. The minimum Gasteiger partial charge on any atom is -0.497 e. The van der Waals surface area contributed by atoms with Crippen LogP contribution in [-0.2, 0) is 7.05 Å². The van der Waals surface area contributed by atoms with Crippen LogP contribution >= 0.6 is 0 Å². The summed E-state index contributed by atoms with van der Waals surface area (Å²) in [5.74, 6) is 0.737. The molecule has 3 N–H and O–H groups in total. The first-order valence-electron chi connectivity index (χ1n) is 8.58. The fourth-order valence-electron chi connectivity index (χ4n) is 3.18. The molecule has 4 rings (SSSR count). The van der Waals surface area contributed by atoms with Gasteiger partial charge in [0.25, 0.3) is 0 Å². The van der Waals surface area contributed by atoms with E-state index in [-0.39, 0.29) is 5.56 Å². The lowest BCUT2D eigenvalue weighted by molar-refractivity contribution is 0.0697. The van der Waals surface area contributed by atoms with Gasteiger partial charge in [0, 0.05) is 18.8 Å². The highest BCUT2D eigenvalue weighted by molar-refractivity contribution is 5.93. The number of aromatic nitrogens is 3. The van der Waals surface area contributed by atoms with Crippen LogP contribution in [0.4, 0.5) is 5.82 Å². The van der Waals surface area contributed by atoms with E-state index in [0.717, 1.165) is 16.9 Å². The van der Waals surface area contributed by atoms with Gasteiger partial charge in [-0.1, -0.05) is 12.1 Å². The van der Waals surface area contributed by atoms with E-state index < -0.39 is 5.97 Å². The van der Waals surface area contributed by atoms with Gasteiger partial charge in [-0.05, 0) is 42.0 Å². The predicted octanol–water partition coefficient (Wildman–Crippen LogP) is 3.59. The molecule has 2 heterocycles. The molecule has 140 valence electrons. The van der Waals surface area contributed by atoms with E-state index in [1.54, 1.807) is 25.4 Å². The summed E-state index contributed by atoms with van der Waals surface area (Å²) in [5, 5.41) is 9.24. The largest absolute Gasteiger partial charge is 0.497 e. The molecular weight excluding hydrogens is 356 g/mol. The van der Waals surface area contributed by atoms with Crippen molar-refractivity contribution in [1.29, 1.82) is 0 Å². The van der Waals surface area contributed by atoms with Crippen molar-refractivity contribution in [3.8, 4) is 28.3 Å². The van der Waals surface area contributed by atoms with E-state index in [9.17, 15) is 9.90 Å². The van der Waals surface area contributed by atoms with Crippen LogP contribution in [0.25, 0.3) is 33.5 Å². The van der Waals surface area contributed by atoms with Crippen molar-refractivity contribution in [1.82, 2.24) is 14.5 Å². The van der Waals surface area contributed by atoms with Crippen LogP contribution in [0.2, 0.25) is 0 Å². The van der Waals surface area contributed by atoms with Crippen LogP contribution in [0.3, 0.4) is 0 Å². The topological polar surface area (TPSA) is 103 Å². The summed E-state index contributed by atoms with van der Waals surface area (Å²) in [6.45, 7) is 0. The summed E-state index contributed by atoms with van der Waals surface area (Å²) < 4.78 is 7.12. The first kappa shape index (κ1) is 17.5. The molecular formula is C21H18N4O3. The fourth-order valence-corrected chi connectivity index (χ4v) is 3.18. The summed E-state index contributed by atoms with van der Waals surface area (Å²) in [6, 6.07) is 14.4. The second kappa shape index (κ2) is 6.70. The van der Waals surface area contributed by atoms with E-state index in [1.165, 1.54) is 6.07 Å². The number of carboxylic acids is 1. The molecule has 0 aliphatic rings. The van der Waals surface area contributed by atoms with Crippen molar-refractivity contribution in [2.75, 3.05) is 12.8 Å². The highest BCUT2D eigenvalue weighted by atomic mass is 16.5. The molecule has 2 aromatic heterocycles. The van der Waals surface area contributed by atoms with Crippen molar-refractivity contribution in [3.63, 3.8) is 0 Å². The van der Waals surface area contributed by atoms with E-state index in [0.29, 0.717) is 28.2 Å².